The normalized spacial score (nSPS) is 18.2. The maximum atomic E-state index is 13.8. The predicted octanol–water partition coefficient (Wildman–Crippen LogP) is 2.08. The molecule has 1 aliphatic heterocycles. The molecule has 0 spiro atoms. The van der Waals surface area contributed by atoms with Gasteiger partial charge in [-0.25, -0.2) is 8.78 Å². The second-order valence-electron chi connectivity index (χ2n) is 5.46. The number of methoxy groups -OCH3 is 1. The zero-order valence-corrected chi connectivity index (χ0v) is 12.8. The fraction of sp³-hybridized carbons (Fsp3) is 0.562. The van der Waals surface area contributed by atoms with E-state index in [9.17, 15) is 13.6 Å². The van der Waals surface area contributed by atoms with E-state index in [1.165, 1.54) is 12.1 Å². The van der Waals surface area contributed by atoms with Crippen molar-refractivity contribution in [3.05, 3.63) is 35.4 Å². The minimum atomic E-state index is -0.873. The van der Waals surface area contributed by atoms with Crippen LogP contribution >= 0.6 is 0 Å². The van der Waals surface area contributed by atoms with Gasteiger partial charge in [0.05, 0.1) is 6.61 Å². The highest BCUT2D eigenvalue weighted by atomic mass is 19.2. The second-order valence-corrected chi connectivity index (χ2v) is 5.46. The molecule has 1 unspecified atom stereocenters. The molecule has 1 amide bonds. The number of likely N-dealkylation sites (tertiary alicyclic amines) is 1. The van der Waals surface area contributed by atoms with Gasteiger partial charge in [-0.3, -0.25) is 4.79 Å². The lowest BCUT2D eigenvalue weighted by molar-refractivity contribution is -0.129. The zero-order valence-electron chi connectivity index (χ0n) is 12.8. The van der Waals surface area contributed by atoms with Crippen molar-refractivity contribution in [3.63, 3.8) is 0 Å². The summed E-state index contributed by atoms with van der Waals surface area (Å²) in [6.45, 7) is 2.30. The number of ether oxygens (including phenoxy) is 1. The topological polar surface area (TPSA) is 41.6 Å². The molecular weight excluding hydrogens is 290 g/mol. The van der Waals surface area contributed by atoms with Crippen LogP contribution in [0.25, 0.3) is 0 Å². The Morgan fingerprint density at radius 2 is 2.18 bits per heavy atom. The SMILES string of the molecule is COCCNCCC1CCC(=O)N1Cc1cccc(F)c1F. The molecule has 1 aromatic rings. The fourth-order valence-electron chi connectivity index (χ4n) is 2.73. The molecule has 6 heteroatoms. The molecule has 4 nitrogen and oxygen atoms in total. The zero-order chi connectivity index (χ0) is 15.9. The molecule has 1 aliphatic rings. The summed E-state index contributed by atoms with van der Waals surface area (Å²) in [7, 11) is 1.65. The third-order valence-electron chi connectivity index (χ3n) is 3.96. The molecule has 1 atom stereocenters. The summed E-state index contributed by atoms with van der Waals surface area (Å²) in [5, 5.41) is 3.24. The van der Waals surface area contributed by atoms with Crippen LogP contribution < -0.4 is 5.32 Å². The largest absolute Gasteiger partial charge is 0.383 e. The molecule has 0 bridgehead atoms. The molecule has 22 heavy (non-hydrogen) atoms. The first-order chi connectivity index (χ1) is 10.6. The van der Waals surface area contributed by atoms with E-state index in [2.05, 4.69) is 5.32 Å². The van der Waals surface area contributed by atoms with E-state index in [0.717, 1.165) is 32.0 Å². The minimum Gasteiger partial charge on any atom is -0.383 e. The van der Waals surface area contributed by atoms with Crippen LogP contribution in [0.15, 0.2) is 18.2 Å². The lowest BCUT2D eigenvalue weighted by atomic mass is 10.1. The molecule has 2 rings (SSSR count). The number of hydrogen-bond donors (Lipinski definition) is 1. The summed E-state index contributed by atoms with van der Waals surface area (Å²) in [6, 6.07) is 4.15. The maximum absolute atomic E-state index is 13.8. The van der Waals surface area contributed by atoms with Gasteiger partial charge in [0.25, 0.3) is 0 Å². The number of nitrogens with zero attached hydrogens (tertiary/aromatic N) is 1. The Balaban J connectivity index is 1.92. The number of halogens is 2. The molecule has 1 aromatic carbocycles. The van der Waals surface area contributed by atoms with Gasteiger partial charge in [0, 0.05) is 38.2 Å². The average molecular weight is 312 g/mol. The Labute approximate surface area is 129 Å². The number of benzene rings is 1. The molecule has 1 fully saturated rings. The van der Waals surface area contributed by atoms with Crippen LogP contribution in [-0.4, -0.2) is 43.7 Å². The number of hydrogen-bond acceptors (Lipinski definition) is 3. The Morgan fingerprint density at radius 1 is 1.36 bits per heavy atom. The maximum Gasteiger partial charge on any atom is 0.223 e. The molecule has 0 aromatic heterocycles. The van der Waals surface area contributed by atoms with Crippen molar-refractivity contribution in [2.45, 2.75) is 31.8 Å². The van der Waals surface area contributed by atoms with Crippen molar-refractivity contribution in [2.75, 3.05) is 26.8 Å². The van der Waals surface area contributed by atoms with Gasteiger partial charge < -0.3 is 15.0 Å². The Bertz CT molecular complexity index is 511. The number of rotatable bonds is 8. The summed E-state index contributed by atoms with van der Waals surface area (Å²) in [4.78, 5) is 13.7. The first-order valence-corrected chi connectivity index (χ1v) is 7.55. The Morgan fingerprint density at radius 3 is 2.95 bits per heavy atom. The van der Waals surface area contributed by atoms with E-state index >= 15 is 0 Å². The molecule has 1 saturated heterocycles. The number of nitrogens with one attached hydrogen (secondary N) is 1. The molecule has 0 saturated carbocycles. The van der Waals surface area contributed by atoms with Gasteiger partial charge in [0.15, 0.2) is 11.6 Å². The summed E-state index contributed by atoms with van der Waals surface area (Å²) in [6.07, 6.45) is 2.04. The van der Waals surface area contributed by atoms with Crippen LogP contribution in [0.5, 0.6) is 0 Å². The first-order valence-electron chi connectivity index (χ1n) is 7.55. The van der Waals surface area contributed by atoms with E-state index in [0.29, 0.717) is 13.0 Å². The highest BCUT2D eigenvalue weighted by molar-refractivity contribution is 5.78. The predicted molar refractivity (Wildman–Crippen MR) is 79.3 cm³/mol. The van der Waals surface area contributed by atoms with E-state index in [1.54, 1.807) is 12.0 Å². The lowest BCUT2D eigenvalue weighted by Crippen LogP contribution is -2.35. The number of carbonyl (C=O) groups is 1. The third-order valence-corrected chi connectivity index (χ3v) is 3.96. The van der Waals surface area contributed by atoms with Crippen molar-refractivity contribution in [3.8, 4) is 0 Å². The van der Waals surface area contributed by atoms with Gasteiger partial charge >= 0.3 is 0 Å². The molecule has 0 radical (unpaired) electrons. The molecule has 0 aliphatic carbocycles. The Kier molecular flexibility index (Phi) is 6.27. The molecule has 1 heterocycles. The van der Waals surface area contributed by atoms with Gasteiger partial charge in [-0.1, -0.05) is 12.1 Å². The highest BCUT2D eigenvalue weighted by Gasteiger charge is 2.31. The molecule has 1 N–H and O–H groups in total. The van der Waals surface area contributed by atoms with Crippen molar-refractivity contribution >= 4 is 5.91 Å². The summed E-state index contributed by atoms with van der Waals surface area (Å²) < 4.78 is 32.0. The summed E-state index contributed by atoms with van der Waals surface area (Å²) in [5.41, 5.74) is 0.229. The van der Waals surface area contributed by atoms with Crippen molar-refractivity contribution < 1.29 is 18.3 Å². The van der Waals surface area contributed by atoms with Gasteiger partial charge in [0.2, 0.25) is 5.91 Å². The van der Waals surface area contributed by atoms with E-state index in [1.807, 2.05) is 0 Å². The number of amides is 1. The lowest BCUT2D eigenvalue weighted by Gasteiger charge is -2.25. The van der Waals surface area contributed by atoms with Crippen LogP contribution in [0.4, 0.5) is 8.78 Å². The van der Waals surface area contributed by atoms with Crippen molar-refractivity contribution in [1.82, 2.24) is 10.2 Å². The average Bonchev–Trinajstić information content (AvgIpc) is 2.85. The van der Waals surface area contributed by atoms with Gasteiger partial charge in [0.1, 0.15) is 0 Å². The van der Waals surface area contributed by atoms with Crippen LogP contribution in [0.1, 0.15) is 24.8 Å². The van der Waals surface area contributed by atoms with E-state index in [-0.39, 0.29) is 24.1 Å². The van der Waals surface area contributed by atoms with E-state index < -0.39 is 11.6 Å². The quantitative estimate of drug-likeness (QED) is 0.747. The summed E-state index contributed by atoms with van der Waals surface area (Å²) >= 11 is 0. The van der Waals surface area contributed by atoms with Crippen LogP contribution in [0.3, 0.4) is 0 Å². The standard InChI is InChI=1S/C16H22F2N2O2/c1-22-10-9-19-8-7-13-5-6-15(21)20(13)11-12-3-2-4-14(17)16(12)18/h2-4,13,19H,5-11H2,1H3. The smallest absolute Gasteiger partial charge is 0.223 e. The van der Waals surface area contributed by atoms with Crippen LogP contribution in [0, 0.1) is 11.6 Å². The second kappa shape index (κ2) is 8.19. The fourth-order valence-corrected chi connectivity index (χ4v) is 2.73. The first kappa shape index (κ1) is 16.8. The van der Waals surface area contributed by atoms with Crippen LogP contribution in [0.2, 0.25) is 0 Å². The molecular formula is C16H22F2N2O2. The third kappa shape index (κ3) is 4.24. The Hall–Kier alpha value is -1.53. The van der Waals surface area contributed by atoms with Crippen molar-refractivity contribution in [1.29, 1.82) is 0 Å². The van der Waals surface area contributed by atoms with Crippen molar-refractivity contribution in [2.24, 2.45) is 0 Å². The van der Waals surface area contributed by atoms with Crippen LogP contribution in [-0.2, 0) is 16.1 Å². The summed E-state index contributed by atoms with van der Waals surface area (Å²) in [5.74, 6) is -1.73. The van der Waals surface area contributed by atoms with Gasteiger partial charge in [-0.05, 0) is 25.5 Å². The minimum absolute atomic E-state index is 0.00514. The van der Waals surface area contributed by atoms with Gasteiger partial charge in [-0.15, -0.1) is 0 Å². The molecule has 122 valence electrons. The monoisotopic (exact) mass is 312 g/mol. The van der Waals surface area contributed by atoms with E-state index in [4.69, 9.17) is 4.74 Å². The van der Waals surface area contributed by atoms with Gasteiger partial charge in [-0.2, -0.15) is 0 Å². The number of carbonyl (C=O) groups excluding carboxylic acids is 1. The highest BCUT2D eigenvalue weighted by Crippen LogP contribution is 2.25.